The molecule has 0 radical (unpaired) electrons. The van der Waals surface area contributed by atoms with Crippen LogP contribution in [0.3, 0.4) is 0 Å². The van der Waals surface area contributed by atoms with Gasteiger partial charge >= 0.3 is 0 Å². The first-order valence-corrected chi connectivity index (χ1v) is 8.81. The van der Waals surface area contributed by atoms with Crippen LogP contribution in [0, 0.1) is 11.2 Å². The van der Waals surface area contributed by atoms with Gasteiger partial charge in [0, 0.05) is 17.0 Å². The number of carbonyl (C=O) groups is 1. The molecule has 0 aromatic heterocycles. The SMILES string of the molecule is CC(C)(Cc1cccc(Cl)c1)C(=O)Nc1ccc2c(c1F)CCNC2.Cl. The van der Waals surface area contributed by atoms with Crippen molar-refractivity contribution in [2.24, 2.45) is 5.41 Å². The van der Waals surface area contributed by atoms with Crippen LogP contribution >= 0.6 is 24.0 Å². The molecular weight excluding hydrogens is 374 g/mol. The van der Waals surface area contributed by atoms with E-state index in [0.29, 0.717) is 30.0 Å². The molecule has 140 valence electrons. The summed E-state index contributed by atoms with van der Waals surface area (Å²) in [4.78, 5) is 12.7. The fraction of sp³-hybridized carbons (Fsp3) is 0.350. The van der Waals surface area contributed by atoms with Crippen molar-refractivity contribution in [2.75, 3.05) is 11.9 Å². The Morgan fingerprint density at radius 2 is 2.08 bits per heavy atom. The summed E-state index contributed by atoms with van der Waals surface area (Å²) in [6.45, 7) is 5.12. The smallest absolute Gasteiger partial charge is 0.230 e. The summed E-state index contributed by atoms with van der Waals surface area (Å²) >= 11 is 6.02. The molecule has 0 atom stereocenters. The van der Waals surface area contributed by atoms with Gasteiger partial charge in [-0.1, -0.05) is 43.6 Å². The number of fused-ring (bicyclic) bond motifs is 1. The summed E-state index contributed by atoms with van der Waals surface area (Å²) < 4.78 is 14.7. The molecule has 0 unspecified atom stereocenters. The standard InChI is InChI=1S/C20H22ClFN2O.ClH/c1-20(2,11-13-4-3-5-15(21)10-13)19(25)24-17-7-6-14-12-23-9-8-16(14)18(17)22;/h3-7,10,23H,8-9,11-12H2,1-2H3,(H,24,25);1H. The molecule has 1 aliphatic heterocycles. The van der Waals surface area contributed by atoms with Gasteiger partial charge in [-0.05, 0) is 54.3 Å². The molecular formula is C20H23Cl2FN2O. The number of rotatable bonds is 4. The quantitative estimate of drug-likeness (QED) is 0.782. The zero-order valence-electron chi connectivity index (χ0n) is 14.9. The minimum atomic E-state index is -0.686. The Kier molecular flexibility index (Phi) is 6.67. The summed E-state index contributed by atoms with van der Waals surface area (Å²) in [5.41, 5.74) is 2.20. The fourth-order valence-electron chi connectivity index (χ4n) is 3.16. The highest BCUT2D eigenvalue weighted by molar-refractivity contribution is 6.30. The number of carbonyl (C=O) groups excluding carboxylic acids is 1. The maximum Gasteiger partial charge on any atom is 0.230 e. The topological polar surface area (TPSA) is 41.1 Å². The summed E-state index contributed by atoms with van der Waals surface area (Å²) in [6.07, 6.45) is 1.16. The predicted octanol–water partition coefficient (Wildman–Crippen LogP) is 4.75. The van der Waals surface area contributed by atoms with Crippen molar-refractivity contribution in [1.82, 2.24) is 5.32 Å². The van der Waals surface area contributed by atoms with E-state index in [-0.39, 0.29) is 29.8 Å². The summed E-state index contributed by atoms with van der Waals surface area (Å²) in [5.74, 6) is -0.522. The average molecular weight is 397 g/mol. The van der Waals surface area contributed by atoms with E-state index in [0.717, 1.165) is 17.7 Å². The highest BCUT2D eigenvalue weighted by atomic mass is 35.5. The van der Waals surface area contributed by atoms with Gasteiger partial charge < -0.3 is 10.6 Å². The van der Waals surface area contributed by atoms with E-state index in [4.69, 9.17) is 11.6 Å². The molecule has 0 saturated carbocycles. The number of nitrogens with one attached hydrogen (secondary N) is 2. The Bertz CT molecular complexity index is 808. The van der Waals surface area contributed by atoms with Gasteiger partial charge in [0.2, 0.25) is 5.91 Å². The van der Waals surface area contributed by atoms with Gasteiger partial charge in [-0.25, -0.2) is 4.39 Å². The molecule has 0 spiro atoms. The number of hydrogen-bond donors (Lipinski definition) is 2. The second kappa shape index (κ2) is 8.38. The molecule has 6 heteroatoms. The number of hydrogen-bond acceptors (Lipinski definition) is 2. The molecule has 1 aliphatic rings. The monoisotopic (exact) mass is 396 g/mol. The normalized spacial score (nSPS) is 13.5. The highest BCUT2D eigenvalue weighted by Crippen LogP contribution is 2.28. The van der Waals surface area contributed by atoms with Crippen molar-refractivity contribution in [3.63, 3.8) is 0 Å². The van der Waals surface area contributed by atoms with E-state index >= 15 is 0 Å². The molecule has 2 N–H and O–H groups in total. The second-order valence-electron chi connectivity index (χ2n) is 7.14. The first-order chi connectivity index (χ1) is 11.9. The van der Waals surface area contributed by atoms with Gasteiger partial charge in [0.15, 0.2) is 0 Å². The van der Waals surface area contributed by atoms with Gasteiger partial charge in [0.05, 0.1) is 5.69 Å². The lowest BCUT2D eigenvalue weighted by Gasteiger charge is -2.25. The largest absolute Gasteiger partial charge is 0.323 e. The maximum absolute atomic E-state index is 14.7. The van der Waals surface area contributed by atoms with Crippen LogP contribution < -0.4 is 10.6 Å². The predicted molar refractivity (Wildman–Crippen MR) is 107 cm³/mol. The highest BCUT2D eigenvalue weighted by Gasteiger charge is 2.29. The molecule has 0 bridgehead atoms. The van der Waals surface area contributed by atoms with E-state index in [1.165, 1.54) is 0 Å². The first kappa shape index (κ1) is 20.7. The number of benzene rings is 2. The lowest BCUT2D eigenvalue weighted by atomic mass is 9.84. The average Bonchev–Trinajstić information content (AvgIpc) is 2.57. The molecule has 0 saturated heterocycles. The molecule has 0 aliphatic carbocycles. The Balaban J connectivity index is 0.00000243. The van der Waals surface area contributed by atoms with Crippen LogP contribution in [0.15, 0.2) is 36.4 Å². The van der Waals surface area contributed by atoms with Gasteiger partial charge in [-0.15, -0.1) is 12.4 Å². The third kappa shape index (κ3) is 4.56. The molecule has 3 nitrogen and oxygen atoms in total. The molecule has 26 heavy (non-hydrogen) atoms. The summed E-state index contributed by atoms with van der Waals surface area (Å²) in [5, 5.41) is 6.63. The fourth-order valence-corrected chi connectivity index (χ4v) is 3.37. The van der Waals surface area contributed by atoms with E-state index in [9.17, 15) is 9.18 Å². The van der Waals surface area contributed by atoms with Crippen LogP contribution in [0.25, 0.3) is 0 Å². The molecule has 3 rings (SSSR count). The van der Waals surface area contributed by atoms with Crippen molar-refractivity contribution in [3.8, 4) is 0 Å². The Labute approximate surface area is 164 Å². The van der Waals surface area contributed by atoms with Crippen LogP contribution in [0.1, 0.15) is 30.5 Å². The van der Waals surface area contributed by atoms with E-state index in [1.807, 2.05) is 38.1 Å². The van der Waals surface area contributed by atoms with Gasteiger partial charge in [-0.2, -0.15) is 0 Å². The zero-order valence-corrected chi connectivity index (χ0v) is 16.4. The Morgan fingerprint density at radius 3 is 2.81 bits per heavy atom. The molecule has 1 amide bonds. The minimum Gasteiger partial charge on any atom is -0.323 e. The second-order valence-corrected chi connectivity index (χ2v) is 7.57. The third-order valence-electron chi connectivity index (χ3n) is 4.61. The van der Waals surface area contributed by atoms with Crippen molar-refractivity contribution in [3.05, 3.63) is 63.9 Å². The Hall–Kier alpha value is -1.62. The van der Waals surface area contributed by atoms with Crippen LogP contribution in [0.2, 0.25) is 5.02 Å². The zero-order chi connectivity index (χ0) is 18.0. The van der Waals surface area contributed by atoms with E-state index in [2.05, 4.69) is 10.6 Å². The van der Waals surface area contributed by atoms with Crippen molar-refractivity contribution in [1.29, 1.82) is 0 Å². The lowest BCUT2D eigenvalue weighted by molar-refractivity contribution is -0.123. The lowest BCUT2D eigenvalue weighted by Crippen LogP contribution is -2.33. The van der Waals surface area contributed by atoms with Gasteiger partial charge in [0.1, 0.15) is 5.82 Å². The van der Waals surface area contributed by atoms with Gasteiger partial charge in [0.25, 0.3) is 0 Å². The van der Waals surface area contributed by atoms with Crippen LogP contribution in [-0.4, -0.2) is 12.5 Å². The first-order valence-electron chi connectivity index (χ1n) is 8.44. The van der Waals surface area contributed by atoms with Crippen molar-refractivity contribution < 1.29 is 9.18 Å². The molecule has 0 fully saturated rings. The van der Waals surface area contributed by atoms with Crippen molar-refractivity contribution >= 4 is 35.6 Å². The van der Waals surface area contributed by atoms with Crippen LogP contribution in [0.5, 0.6) is 0 Å². The van der Waals surface area contributed by atoms with Crippen LogP contribution in [0.4, 0.5) is 10.1 Å². The summed E-state index contributed by atoms with van der Waals surface area (Å²) in [6, 6.07) is 11.0. The summed E-state index contributed by atoms with van der Waals surface area (Å²) in [7, 11) is 0. The minimum absolute atomic E-state index is 0. The third-order valence-corrected chi connectivity index (χ3v) is 4.84. The molecule has 2 aromatic carbocycles. The van der Waals surface area contributed by atoms with E-state index < -0.39 is 5.41 Å². The maximum atomic E-state index is 14.7. The Morgan fingerprint density at radius 1 is 1.31 bits per heavy atom. The molecule has 2 aromatic rings. The number of amides is 1. The van der Waals surface area contributed by atoms with Gasteiger partial charge in [-0.3, -0.25) is 4.79 Å². The van der Waals surface area contributed by atoms with Crippen molar-refractivity contribution in [2.45, 2.75) is 33.2 Å². The number of anilines is 1. The molecule has 1 heterocycles. The number of halogens is 3. The van der Waals surface area contributed by atoms with Crippen LogP contribution in [-0.2, 0) is 24.2 Å². The van der Waals surface area contributed by atoms with E-state index in [1.54, 1.807) is 12.1 Å².